The van der Waals surface area contributed by atoms with Gasteiger partial charge in [0.25, 0.3) is 0 Å². The number of aromatic nitrogens is 3. The van der Waals surface area contributed by atoms with E-state index < -0.39 is 5.41 Å². The number of hydrogen-bond acceptors (Lipinski definition) is 4. The van der Waals surface area contributed by atoms with E-state index in [2.05, 4.69) is 184 Å². The van der Waals surface area contributed by atoms with Crippen molar-refractivity contribution in [2.24, 2.45) is 0 Å². The molecule has 0 bridgehead atoms. The van der Waals surface area contributed by atoms with E-state index >= 15 is 0 Å². The van der Waals surface area contributed by atoms with Crippen LogP contribution >= 0.6 is 0 Å². The van der Waals surface area contributed by atoms with E-state index in [0.717, 1.165) is 61.2 Å². The third kappa shape index (κ3) is 4.97. The van der Waals surface area contributed by atoms with E-state index in [9.17, 15) is 0 Å². The number of hydrogen-bond donors (Lipinski definition) is 0. The summed E-state index contributed by atoms with van der Waals surface area (Å²) in [6.45, 7) is 4.70. The van der Waals surface area contributed by atoms with E-state index in [1.807, 2.05) is 18.2 Å². The number of benzene rings is 8. The molecule has 8 aromatic carbocycles. The third-order valence-electron chi connectivity index (χ3n) is 12.1. The molecule has 11 rings (SSSR count). The van der Waals surface area contributed by atoms with Crippen molar-refractivity contribution in [2.45, 2.75) is 24.7 Å². The van der Waals surface area contributed by atoms with Gasteiger partial charge in [-0.25, -0.2) is 15.0 Å². The van der Waals surface area contributed by atoms with E-state index in [1.54, 1.807) is 0 Å². The summed E-state index contributed by atoms with van der Waals surface area (Å²) >= 11 is 0. The molecule has 0 unspecified atom stereocenters. The molecule has 0 fully saturated rings. The fourth-order valence-corrected chi connectivity index (χ4v) is 9.47. The van der Waals surface area contributed by atoms with Gasteiger partial charge in [-0.05, 0) is 62.4 Å². The van der Waals surface area contributed by atoms with Crippen LogP contribution in [0.5, 0.6) is 11.5 Å². The molecule has 4 nitrogen and oxygen atoms in total. The van der Waals surface area contributed by atoms with Crippen molar-refractivity contribution in [2.75, 3.05) is 0 Å². The number of rotatable bonds is 4. The Morgan fingerprint density at radius 3 is 1.65 bits per heavy atom. The second-order valence-corrected chi connectivity index (χ2v) is 15.5. The number of ether oxygens (including phenoxy) is 1. The second-order valence-electron chi connectivity index (χ2n) is 15.5. The lowest BCUT2D eigenvalue weighted by atomic mass is 9.53. The average molecular weight is 732 g/mol. The molecule has 0 saturated carbocycles. The van der Waals surface area contributed by atoms with Crippen LogP contribution in [0.2, 0.25) is 0 Å². The van der Waals surface area contributed by atoms with Crippen molar-refractivity contribution in [3.05, 3.63) is 221 Å². The van der Waals surface area contributed by atoms with Gasteiger partial charge in [-0.2, -0.15) is 0 Å². The molecule has 1 spiro atoms. The van der Waals surface area contributed by atoms with E-state index in [-0.39, 0.29) is 5.41 Å². The van der Waals surface area contributed by atoms with Crippen molar-refractivity contribution in [3.63, 3.8) is 0 Å². The van der Waals surface area contributed by atoms with Crippen molar-refractivity contribution < 1.29 is 4.74 Å². The van der Waals surface area contributed by atoms with Gasteiger partial charge in [0.2, 0.25) is 0 Å². The molecule has 0 amide bonds. The Morgan fingerprint density at radius 1 is 0.368 bits per heavy atom. The summed E-state index contributed by atoms with van der Waals surface area (Å²) in [4.78, 5) is 15.6. The summed E-state index contributed by atoms with van der Waals surface area (Å²) in [6.07, 6.45) is 0. The van der Waals surface area contributed by atoms with Crippen molar-refractivity contribution in [3.8, 4) is 56.8 Å². The molecular weight excluding hydrogens is 695 g/mol. The van der Waals surface area contributed by atoms with Gasteiger partial charge in [0.05, 0.1) is 5.41 Å². The molecule has 9 aromatic rings. The van der Waals surface area contributed by atoms with Crippen LogP contribution in [0.25, 0.3) is 56.1 Å². The second kappa shape index (κ2) is 12.7. The van der Waals surface area contributed by atoms with Crippen LogP contribution < -0.4 is 4.74 Å². The summed E-state index contributed by atoms with van der Waals surface area (Å²) in [6, 6.07) is 66.5. The lowest BCUT2D eigenvalue weighted by Gasteiger charge is -2.50. The van der Waals surface area contributed by atoms with Crippen LogP contribution in [-0.4, -0.2) is 15.0 Å². The van der Waals surface area contributed by atoms with Crippen LogP contribution in [0.3, 0.4) is 0 Å². The van der Waals surface area contributed by atoms with Crippen molar-refractivity contribution in [1.29, 1.82) is 0 Å². The number of para-hydroxylation sites is 1. The summed E-state index contributed by atoms with van der Waals surface area (Å²) in [7, 11) is 0. The lowest BCUT2D eigenvalue weighted by Crippen LogP contribution is -2.43. The Labute approximate surface area is 332 Å². The van der Waals surface area contributed by atoms with Crippen LogP contribution in [0.15, 0.2) is 188 Å². The highest BCUT2D eigenvalue weighted by Crippen LogP contribution is 2.61. The highest BCUT2D eigenvalue weighted by atomic mass is 16.5. The zero-order valence-electron chi connectivity index (χ0n) is 31.6. The number of fused-ring (bicyclic) bond motifs is 9. The van der Waals surface area contributed by atoms with Crippen molar-refractivity contribution in [1.82, 2.24) is 15.0 Å². The largest absolute Gasteiger partial charge is 0.457 e. The normalized spacial score (nSPS) is 14.2. The predicted molar refractivity (Wildman–Crippen MR) is 230 cm³/mol. The molecule has 2 heterocycles. The Balaban J connectivity index is 1.16. The minimum absolute atomic E-state index is 0.201. The van der Waals surface area contributed by atoms with E-state index in [0.29, 0.717) is 17.5 Å². The Bertz CT molecular complexity index is 2980. The first-order valence-electron chi connectivity index (χ1n) is 19.5. The van der Waals surface area contributed by atoms with E-state index in [1.165, 1.54) is 22.3 Å². The Hall–Kier alpha value is -7.17. The van der Waals surface area contributed by atoms with Crippen LogP contribution in [0.4, 0.5) is 0 Å². The zero-order valence-corrected chi connectivity index (χ0v) is 31.6. The van der Waals surface area contributed by atoms with Gasteiger partial charge in [-0.3, -0.25) is 0 Å². The monoisotopic (exact) mass is 731 g/mol. The number of nitrogens with zero attached hydrogens (tertiary/aromatic N) is 3. The van der Waals surface area contributed by atoms with Crippen LogP contribution in [0, 0.1) is 0 Å². The SMILES string of the molecule is CC1(C)c2ccccc2C2(c3ccccc3Oc3ccc(-c4ccccc4-c4nc(-c5ccccc5)nc(-c5cccc6ccccc56)n4)cc32)c2ccccc21. The fraction of sp³-hybridized carbons (Fsp3) is 0.0755. The molecule has 0 atom stereocenters. The summed E-state index contributed by atoms with van der Waals surface area (Å²) in [5, 5.41) is 2.24. The van der Waals surface area contributed by atoms with Gasteiger partial charge in [-0.1, -0.05) is 184 Å². The maximum atomic E-state index is 6.82. The molecule has 0 N–H and O–H groups in total. The zero-order chi connectivity index (χ0) is 38.1. The molecule has 1 aromatic heterocycles. The molecule has 2 aliphatic rings. The molecule has 0 radical (unpaired) electrons. The molecule has 57 heavy (non-hydrogen) atoms. The first-order valence-corrected chi connectivity index (χ1v) is 19.5. The van der Waals surface area contributed by atoms with Gasteiger partial charge in [0, 0.05) is 33.2 Å². The van der Waals surface area contributed by atoms with Crippen molar-refractivity contribution >= 4 is 10.8 Å². The fourth-order valence-electron chi connectivity index (χ4n) is 9.47. The molecule has 1 aliphatic carbocycles. The minimum Gasteiger partial charge on any atom is -0.457 e. The Morgan fingerprint density at radius 2 is 0.895 bits per heavy atom. The van der Waals surface area contributed by atoms with Gasteiger partial charge >= 0.3 is 0 Å². The highest BCUT2D eigenvalue weighted by molar-refractivity contribution is 5.95. The minimum atomic E-state index is -0.618. The smallest absolute Gasteiger partial charge is 0.164 e. The predicted octanol–water partition coefficient (Wildman–Crippen LogP) is 12.8. The van der Waals surface area contributed by atoms with Crippen LogP contribution in [-0.2, 0) is 10.8 Å². The molecule has 0 saturated heterocycles. The first kappa shape index (κ1) is 33.2. The summed E-state index contributed by atoms with van der Waals surface area (Å²) < 4.78 is 6.82. The van der Waals surface area contributed by atoms with Crippen LogP contribution in [0.1, 0.15) is 47.2 Å². The summed E-state index contributed by atoms with van der Waals surface area (Å²) in [5.41, 5.74) is 11.5. The lowest BCUT2D eigenvalue weighted by molar-refractivity contribution is 0.425. The quantitative estimate of drug-likeness (QED) is 0.181. The third-order valence-corrected chi connectivity index (χ3v) is 12.1. The standard InChI is InChI=1S/C53H37N3O/c1-52(2)41-25-10-12-27-43(41)53(44-28-13-11-26-42(44)52)45-29-14-15-30-47(45)57-48-32-31-36(33-46(48)53)38-22-8-9-23-39(38)50-54-49(35-18-4-3-5-19-35)55-51(56-50)40-24-16-20-34-17-6-7-21-37(34)40/h3-33H,1-2H3. The molecular formula is C53H37N3O. The maximum absolute atomic E-state index is 6.82. The van der Waals surface area contributed by atoms with Gasteiger partial charge < -0.3 is 4.74 Å². The molecule has 4 heteroatoms. The Kier molecular flexibility index (Phi) is 7.39. The average Bonchev–Trinajstić information content (AvgIpc) is 3.28. The highest BCUT2D eigenvalue weighted by Gasteiger charge is 2.52. The molecule has 1 aliphatic heterocycles. The van der Waals surface area contributed by atoms with E-state index in [4.69, 9.17) is 19.7 Å². The van der Waals surface area contributed by atoms with Gasteiger partial charge in [0.15, 0.2) is 17.5 Å². The van der Waals surface area contributed by atoms with Gasteiger partial charge in [-0.15, -0.1) is 0 Å². The molecule has 270 valence electrons. The first-order chi connectivity index (χ1) is 28.0. The maximum Gasteiger partial charge on any atom is 0.164 e. The topological polar surface area (TPSA) is 47.9 Å². The van der Waals surface area contributed by atoms with Gasteiger partial charge in [0.1, 0.15) is 11.5 Å². The summed E-state index contributed by atoms with van der Waals surface area (Å²) in [5.74, 6) is 3.61.